The third kappa shape index (κ3) is 2.39. The maximum Gasteiger partial charge on any atom is 0.0693 e. The minimum Gasteiger partial charge on any atom is -0.397 e. The molecule has 1 aromatic rings. The number of hydrogen-bond acceptors (Lipinski definition) is 4. The highest BCUT2D eigenvalue weighted by Crippen LogP contribution is 2.26. The van der Waals surface area contributed by atoms with Gasteiger partial charge < -0.3 is 21.5 Å². The predicted octanol–water partition coefficient (Wildman–Crippen LogP) is 1.83. The van der Waals surface area contributed by atoms with Crippen LogP contribution in [0.5, 0.6) is 0 Å². The lowest BCUT2D eigenvalue weighted by Gasteiger charge is -2.35. The molecule has 1 unspecified atom stereocenters. The Labute approximate surface area is 96.0 Å². The van der Waals surface area contributed by atoms with Gasteiger partial charge >= 0.3 is 0 Å². The van der Waals surface area contributed by atoms with E-state index in [2.05, 4.69) is 12.2 Å². The number of anilines is 3. The Hall–Kier alpha value is -1.42. The fraction of sp³-hybridized carbons (Fsp3) is 0.500. The summed E-state index contributed by atoms with van der Waals surface area (Å²) in [7, 11) is 0. The van der Waals surface area contributed by atoms with Crippen LogP contribution in [0.1, 0.15) is 19.8 Å². The largest absolute Gasteiger partial charge is 0.397 e. The van der Waals surface area contributed by atoms with Crippen LogP contribution in [0, 0.1) is 0 Å². The molecule has 0 bridgehead atoms. The Bertz CT molecular complexity index is 373. The van der Waals surface area contributed by atoms with Gasteiger partial charge in [-0.3, -0.25) is 0 Å². The first kappa shape index (κ1) is 11.1. The van der Waals surface area contributed by atoms with Crippen LogP contribution in [0.2, 0.25) is 0 Å². The highest BCUT2D eigenvalue weighted by Gasteiger charge is 2.27. The second kappa shape index (κ2) is 4.22. The van der Waals surface area contributed by atoms with Crippen LogP contribution < -0.4 is 16.8 Å². The number of nitrogens with two attached hydrogens (primary N) is 2. The van der Waals surface area contributed by atoms with Crippen molar-refractivity contribution in [2.75, 3.05) is 30.0 Å². The molecule has 0 amide bonds. The first-order valence-electron chi connectivity index (χ1n) is 5.60. The van der Waals surface area contributed by atoms with Gasteiger partial charge in [0, 0.05) is 12.3 Å². The summed E-state index contributed by atoms with van der Waals surface area (Å²) in [5, 5.41) is 3.46. The molecule has 0 aromatic heterocycles. The van der Waals surface area contributed by atoms with E-state index >= 15 is 0 Å². The van der Waals surface area contributed by atoms with Crippen molar-refractivity contribution in [2.24, 2.45) is 0 Å². The summed E-state index contributed by atoms with van der Waals surface area (Å²) < 4.78 is 5.49. The fourth-order valence-electron chi connectivity index (χ4n) is 2.03. The first-order chi connectivity index (χ1) is 7.59. The van der Waals surface area contributed by atoms with Gasteiger partial charge in [-0.2, -0.15) is 0 Å². The van der Waals surface area contributed by atoms with E-state index < -0.39 is 0 Å². The average molecular weight is 221 g/mol. The second-order valence-electron chi connectivity index (χ2n) is 4.69. The van der Waals surface area contributed by atoms with E-state index in [9.17, 15) is 0 Å². The highest BCUT2D eigenvalue weighted by atomic mass is 16.5. The van der Waals surface area contributed by atoms with Crippen molar-refractivity contribution < 1.29 is 4.74 Å². The minimum atomic E-state index is 0.000799. The summed E-state index contributed by atoms with van der Waals surface area (Å²) in [6.07, 6.45) is 2.20. The summed E-state index contributed by atoms with van der Waals surface area (Å²) in [4.78, 5) is 0. The van der Waals surface area contributed by atoms with Crippen LogP contribution in [0.3, 0.4) is 0 Å². The molecule has 88 valence electrons. The number of nitrogens with one attached hydrogen (secondary N) is 1. The molecule has 16 heavy (non-hydrogen) atoms. The van der Waals surface area contributed by atoms with E-state index in [0.717, 1.165) is 31.7 Å². The van der Waals surface area contributed by atoms with E-state index in [1.54, 1.807) is 0 Å². The molecule has 1 aliphatic rings. The van der Waals surface area contributed by atoms with Crippen molar-refractivity contribution in [2.45, 2.75) is 25.3 Å². The van der Waals surface area contributed by atoms with Crippen LogP contribution in [-0.2, 0) is 4.74 Å². The average Bonchev–Trinajstić information content (AvgIpc) is 2.24. The van der Waals surface area contributed by atoms with Crippen LogP contribution in [0.25, 0.3) is 0 Å². The lowest BCUT2D eigenvalue weighted by Crippen LogP contribution is -2.43. The predicted molar refractivity (Wildman–Crippen MR) is 67.3 cm³/mol. The number of nitrogen functional groups attached to an aromatic ring is 2. The van der Waals surface area contributed by atoms with Crippen LogP contribution in [0.4, 0.5) is 17.1 Å². The molecule has 2 rings (SSSR count). The SMILES string of the molecule is CC1(Nc2ccc(N)c(N)c2)CCCOC1. The third-order valence-corrected chi connectivity index (χ3v) is 2.97. The van der Waals surface area contributed by atoms with Crippen LogP contribution in [-0.4, -0.2) is 18.8 Å². The van der Waals surface area contributed by atoms with E-state index in [1.165, 1.54) is 0 Å². The second-order valence-corrected chi connectivity index (χ2v) is 4.69. The maximum atomic E-state index is 5.77. The molecule has 0 radical (unpaired) electrons. The number of hydrogen-bond donors (Lipinski definition) is 3. The molecule has 4 nitrogen and oxygen atoms in total. The normalized spacial score (nSPS) is 25.3. The molecule has 1 aliphatic heterocycles. The summed E-state index contributed by atoms with van der Waals surface area (Å²) in [5.41, 5.74) is 13.7. The van der Waals surface area contributed by atoms with Gasteiger partial charge in [-0.05, 0) is 38.0 Å². The number of ether oxygens (including phenoxy) is 1. The molecule has 0 saturated carbocycles. The molecule has 1 saturated heterocycles. The third-order valence-electron chi connectivity index (χ3n) is 2.97. The molecule has 1 fully saturated rings. The van der Waals surface area contributed by atoms with Gasteiger partial charge in [0.05, 0.1) is 23.5 Å². The standard InChI is InChI=1S/C12H19N3O/c1-12(5-2-6-16-8-12)15-9-3-4-10(13)11(14)7-9/h3-4,7,15H,2,5-6,8,13-14H2,1H3. The molecule has 4 heteroatoms. The van der Waals surface area contributed by atoms with Crippen LogP contribution >= 0.6 is 0 Å². The van der Waals surface area contributed by atoms with Crippen molar-refractivity contribution in [1.82, 2.24) is 0 Å². The zero-order chi connectivity index (χ0) is 11.6. The van der Waals surface area contributed by atoms with E-state index in [0.29, 0.717) is 11.4 Å². The summed E-state index contributed by atoms with van der Waals surface area (Å²) >= 11 is 0. The minimum absolute atomic E-state index is 0.000799. The molecule has 1 atom stereocenters. The van der Waals surface area contributed by atoms with Crippen molar-refractivity contribution >= 4 is 17.1 Å². The van der Waals surface area contributed by atoms with Gasteiger partial charge in [0.15, 0.2) is 0 Å². The molecular weight excluding hydrogens is 202 g/mol. The summed E-state index contributed by atoms with van der Waals surface area (Å²) in [5.74, 6) is 0. The van der Waals surface area contributed by atoms with Crippen molar-refractivity contribution in [3.63, 3.8) is 0 Å². The fourth-order valence-corrected chi connectivity index (χ4v) is 2.03. The lowest BCUT2D eigenvalue weighted by atomic mass is 9.94. The topological polar surface area (TPSA) is 73.3 Å². The number of rotatable bonds is 2. The smallest absolute Gasteiger partial charge is 0.0693 e. The van der Waals surface area contributed by atoms with Gasteiger partial charge in [0.2, 0.25) is 0 Å². The Balaban J connectivity index is 2.10. The summed E-state index contributed by atoms with van der Waals surface area (Å²) in [6.45, 7) is 3.76. The van der Waals surface area contributed by atoms with E-state index in [4.69, 9.17) is 16.2 Å². The van der Waals surface area contributed by atoms with E-state index in [-0.39, 0.29) is 5.54 Å². The van der Waals surface area contributed by atoms with Crippen molar-refractivity contribution in [3.05, 3.63) is 18.2 Å². The van der Waals surface area contributed by atoms with Crippen LogP contribution in [0.15, 0.2) is 18.2 Å². The van der Waals surface area contributed by atoms with Gasteiger partial charge in [-0.15, -0.1) is 0 Å². The van der Waals surface area contributed by atoms with Gasteiger partial charge in [-0.1, -0.05) is 0 Å². The quantitative estimate of drug-likeness (QED) is 0.666. The Kier molecular flexibility index (Phi) is 2.92. The molecule has 5 N–H and O–H groups in total. The molecular formula is C12H19N3O. The summed E-state index contributed by atoms with van der Waals surface area (Å²) in [6, 6.07) is 5.64. The monoisotopic (exact) mass is 221 g/mol. The van der Waals surface area contributed by atoms with Crippen molar-refractivity contribution in [1.29, 1.82) is 0 Å². The molecule has 0 aliphatic carbocycles. The van der Waals surface area contributed by atoms with Gasteiger partial charge in [-0.25, -0.2) is 0 Å². The number of benzene rings is 1. The molecule has 0 spiro atoms. The van der Waals surface area contributed by atoms with Crippen molar-refractivity contribution in [3.8, 4) is 0 Å². The molecule has 1 heterocycles. The molecule has 1 aromatic carbocycles. The van der Waals surface area contributed by atoms with Gasteiger partial charge in [0.1, 0.15) is 0 Å². The zero-order valence-electron chi connectivity index (χ0n) is 9.62. The zero-order valence-corrected chi connectivity index (χ0v) is 9.62. The highest BCUT2D eigenvalue weighted by molar-refractivity contribution is 5.69. The first-order valence-corrected chi connectivity index (χ1v) is 5.60. The lowest BCUT2D eigenvalue weighted by molar-refractivity contribution is 0.0540. The Morgan fingerprint density at radius 2 is 2.12 bits per heavy atom. The van der Waals surface area contributed by atoms with Gasteiger partial charge in [0.25, 0.3) is 0 Å². The van der Waals surface area contributed by atoms with E-state index in [1.807, 2.05) is 18.2 Å². The Morgan fingerprint density at radius 3 is 2.75 bits per heavy atom. The Morgan fingerprint density at radius 1 is 1.31 bits per heavy atom. The maximum absolute atomic E-state index is 5.77.